The molecule has 2 N–H and O–H groups in total. The van der Waals surface area contributed by atoms with Gasteiger partial charge in [0.25, 0.3) is 5.56 Å². The van der Waals surface area contributed by atoms with E-state index in [-0.39, 0.29) is 19.2 Å². The summed E-state index contributed by atoms with van der Waals surface area (Å²) in [6.07, 6.45) is 4.88. The maximum Gasteiger partial charge on any atom is 0.332 e. The number of fused-ring (bicyclic) bond motifs is 1. The van der Waals surface area contributed by atoms with Crippen molar-refractivity contribution in [1.82, 2.24) is 14.1 Å². The first kappa shape index (κ1) is 27.4. The summed E-state index contributed by atoms with van der Waals surface area (Å²) >= 11 is 1.27. The molecule has 41 heavy (non-hydrogen) atoms. The van der Waals surface area contributed by atoms with E-state index in [4.69, 9.17) is 24.4 Å². The van der Waals surface area contributed by atoms with Crippen LogP contribution in [-0.2, 0) is 27.4 Å². The lowest BCUT2D eigenvalue weighted by Crippen LogP contribution is -2.44. The van der Waals surface area contributed by atoms with Gasteiger partial charge in [-0.1, -0.05) is 18.2 Å². The van der Waals surface area contributed by atoms with Gasteiger partial charge >= 0.3 is 5.69 Å². The second kappa shape index (κ2) is 10.9. The van der Waals surface area contributed by atoms with Crippen LogP contribution in [0.3, 0.4) is 0 Å². The molecule has 1 aliphatic carbocycles. The van der Waals surface area contributed by atoms with Gasteiger partial charge in [-0.2, -0.15) is 0 Å². The van der Waals surface area contributed by atoms with E-state index in [0.717, 1.165) is 23.0 Å². The number of oxazole rings is 1. The number of nitrogens with zero attached hydrogens (tertiary/aromatic N) is 3. The maximum atomic E-state index is 14.2. The van der Waals surface area contributed by atoms with Crippen LogP contribution in [0.1, 0.15) is 42.9 Å². The summed E-state index contributed by atoms with van der Waals surface area (Å²) in [7, 11) is 1.60. The van der Waals surface area contributed by atoms with Crippen LogP contribution in [0.25, 0.3) is 21.0 Å². The monoisotopic (exact) mass is 580 g/mol. The minimum Gasteiger partial charge on any atom is -0.496 e. The van der Waals surface area contributed by atoms with Crippen LogP contribution < -0.4 is 21.7 Å². The quantitative estimate of drug-likeness (QED) is 0.301. The highest BCUT2D eigenvalue weighted by Gasteiger charge is 2.49. The fraction of sp³-hybridized carbons (Fsp3) is 0.448. The van der Waals surface area contributed by atoms with E-state index in [9.17, 15) is 14.4 Å². The van der Waals surface area contributed by atoms with Crippen molar-refractivity contribution in [2.75, 3.05) is 20.3 Å². The molecule has 0 spiro atoms. The molecule has 1 saturated heterocycles. The molecular weight excluding hydrogens is 548 g/mol. The topological polar surface area (TPSA) is 141 Å². The van der Waals surface area contributed by atoms with Crippen LogP contribution in [0, 0.1) is 12.3 Å². The van der Waals surface area contributed by atoms with Crippen molar-refractivity contribution < 1.29 is 23.4 Å². The lowest BCUT2D eigenvalue weighted by atomic mass is 10.1. The Morgan fingerprint density at radius 3 is 2.63 bits per heavy atom. The summed E-state index contributed by atoms with van der Waals surface area (Å²) in [5, 5.41) is 0.382. The molecule has 0 unspecified atom stereocenters. The number of benzene rings is 1. The van der Waals surface area contributed by atoms with Crippen molar-refractivity contribution in [3.05, 3.63) is 68.7 Å². The van der Waals surface area contributed by atoms with E-state index >= 15 is 0 Å². The number of primary amides is 1. The fourth-order valence-electron chi connectivity index (χ4n) is 5.53. The Balaban J connectivity index is 1.53. The summed E-state index contributed by atoms with van der Waals surface area (Å²) in [5.41, 5.74) is 5.26. The van der Waals surface area contributed by atoms with Crippen LogP contribution in [0.5, 0.6) is 5.75 Å². The average molecular weight is 581 g/mol. The van der Waals surface area contributed by atoms with Crippen LogP contribution in [0.2, 0.25) is 0 Å². The number of carbonyl (C=O) groups is 1. The Morgan fingerprint density at radius 2 is 1.98 bits per heavy atom. The van der Waals surface area contributed by atoms with Crippen molar-refractivity contribution >= 4 is 27.5 Å². The second-order valence-corrected chi connectivity index (χ2v) is 11.7. The SMILES string of the molecule is COc1ccccc1[C@H](Cn1c(=O)n(CC2(C(N)=O)CC2)c(=O)c2c(C)c(-c3ncco3)sc21)OC1CCOCC1. The molecular formula is C29H32N4O7S. The van der Waals surface area contributed by atoms with Crippen molar-refractivity contribution in [2.24, 2.45) is 11.1 Å². The molecule has 1 amide bonds. The highest BCUT2D eigenvalue weighted by molar-refractivity contribution is 7.22. The van der Waals surface area contributed by atoms with Crippen LogP contribution in [0.15, 0.2) is 50.7 Å². The van der Waals surface area contributed by atoms with E-state index in [0.29, 0.717) is 58.4 Å². The molecule has 1 atom stereocenters. The van der Waals surface area contributed by atoms with Gasteiger partial charge in [-0.25, -0.2) is 9.78 Å². The van der Waals surface area contributed by atoms with E-state index in [1.807, 2.05) is 31.2 Å². The molecule has 1 saturated carbocycles. The van der Waals surface area contributed by atoms with Crippen molar-refractivity contribution in [1.29, 1.82) is 0 Å². The summed E-state index contributed by atoms with van der Waals surface area (Å²) < 4.78 is 26.2. The minimum absolute atomic E-state index is 0.0697. The number of ether oxygens (including phenoxy) is 3. The van der Waals surface area contributed by atoms with E-state index in [1.165, 1.54) is 23.8 Å². The highest BCUT2D eigenvalue weighted by Crippen LogP contribution is 2.46. The van der Waals surface area contributed by atoms with Crippen LogP contribution in [-0.4, -0.2) is 46.5 Å². The number of aryl methyl sites for hydroxylation is 1. The Labute approximate surface area is 239 Å². The number of nitrogens with two attached hydrogens (primary N) is 1. The Bertz CT molecular complexity index is 1690. The van der Waals surface area contributed by atoms with Gasteiger partial charge in [0.05, 0.1) is 41.6 Å². The molecule has 12 heteroatoms. The van der Waals surface area contributed by atoms with E-state index in [2.05, 4.69) is 4.98 Å². The number of rotatable bonds is 10. The van der Waals surface area contributed by atoms with E-state index in [1.54, 1.807) is 11.7 Å². The minimum atomic E-state index is -0.898. The first-order valence-corrected chi connectivity index (χ1v) is 14.5. The van der Waals surface area contributed by atoms with Crippen molar-refractivity contribution in [3.8, 4) is 16.5 Å². The third kappa shape index (κ3) is 5.00. The lowest BCUT2D eigenvalue weighted by Gasteiger charge is -2.29. The molecule has 11 nitrogen and oxygen atoms in total. The number of amides is 1. The number of carbonyl (C=O) groups excluding carboxylic acids is 1. The molecule has 3 aromatic heterocycles. The molecule has 1 aliphatic heterocycles. The van der Waals surface area contributed by atoms with Gasteiger partial charge in [0.2, 0.25) is 11.8 Å². The predicted octanol–water partition coefficient (Wildman–Crippen LogP) is 3.40. The molecule has 2 fully saturated rings. The molecule has 4 aromatic rings. The summed E-state index contributed by atoms with van der Waals surface area (Å²) in [6.45, 7) is 3.05. The zero-order valence-corrected chi connectivity index (χ0v) is 23.8. The summed E-state index contributed by atoms with van der Waals surface area (Å²) in [5.74, 6) is 0.493. The predicted molar refractivity (Wildman–Crippen MR) is 152 cm³/mol. The number of para-hydroxylation sites is 1. The molecule has 0 radical (unpaired) electrons. The van der Waals surface area contributed by atoms with E-state index < -0.39 is 28.7 Å². The standard InChI is InChI=1S/C29H32N4O7S/c1-17-22-25(34)33(16-29(9-10-29)27(30)35)28(36)32(26(22)41-23(17)24-31-11-14-39-24)15-21(40-18-7-12-38-13-8-18)19-5-3-4-6-20(19)37-2/h3-6,11,14,18,21H,7-10,12-13,15-16H2,1-2H3,(H2,30,35)/t21-/m0/s1. The molecule has 0 bridgehead atoms. The summed E-state index contributed by atoms with van der Waals surface area (Å²) in [6, 6.07) is 7.56. The zero-order chi connectivity index (χ0) is 28.7. The molecule has 6 rings (SSSR count). The van der Waals surface area contributed by atoms with Gasteiger partial charge in [0, 0.05) is 25.3 Å². The smallest absolute Gasteiger partial charge is 0.332 e. The Kier molecular flexibility index (Phi) is 7.30. The molecule has 1 aromatic carbocycles. The third-order valence-corrected chi connectivity index (χ3v) is 9.42. The summed E-state index contributed by atoms with van der Waals surface area (Å²) in [4.78, 5) is 45.8. The average Bonchev–Trinajstić information content (AvgIpc) is 3.42. The van der Waals surface area contributed by atoms with Gasteiger partial charge in [-0.3, -0.25) is 18.7 Å². The number of methoxy groups -OCH3 is 1. The number of aromatic nitrogens is 3. The number of hydrogen-bond acceptors (Lipinski definition) is 9. The van der Waals surface area contributed by atoms with Crippen LogP contribution in [0.4, 0.5) is 0 Å². The lowest BCUT2D eigenvalue weighted by molar-refractivity contribution is -0.123. The molecule has 2 aliphatic rings. The number of hydrogen-bond donors (Lipinski definition) is 1. The van der Waals surface area contributed by atoms with Gasteiger partial charge < -0.3 is 24.4 Å². The third-order valence-electron chi connectivity index (χ3n) is 8.12. The first-order valence-electron chi connectivity index (χ1n) is 13.7. The van der Waals surface area contributed by atoms with Gasteiger partial charge in [-0.15, -0.1) is 11.3 Å². The first-order chi connectivity index (χ1) is 19.8. The second-order valence-electron chi connectivity index (χ2n) is 10.7. The van der Waals surface area contributed by atoms with Crippen molar-refractivity contribution in [2.45, 2.75) is 57.9 Å². The van der Waals surface area contributed by atoms with Gasteiger partial charge in [0.15, 0.2) is 0 Å². The van der Waals surface area contributed by atoms with Crippen LogP contribution >= 0.6 is 11.3 Å². The Hall–Kier alpha value is -3.74. The maximum absolute atomic E-state index is 14.2. The van der Waals surface area contributed by atoms with Crippen molar-refractivity contribution in [3.63, 3.8) is 0 Å². The largest absolute Gasteiger partial charge is 0.496 e. The fourth-order valence-corrected chi connectivity index (χ4v) is 6.77. The Morgan fingerprint density at radius 1 is 1.22 bits per heavy atom. The zero-order valence-electron chi connectivity index (χ0n) is 23.0. The molecule has 216 valence electrons. The number of thiophene rings is 1. The van der Waals surface area contributed by atoms with Gasteiger partial charge in [0.1, 0.15) is 22.9 Å². The normalized spacial score (nSPS) is 17.5. The highest BCUT2D eigenvalue weighted by atomic mass is 32.1. The van der Waals surface area contributed by atoms with Gasteiger partial charge in [-0.05, 0) is 44.2 Å². The molecule has 4 heterocycles.